The van der Waals surface area contributed by atoms with E-state index in [1.807, 2.05) is 24.3 Å². The molecule has 0 unspecified atom stereocenters. The molecule has 0 aliphatic carbocycles. The van der Waals surface area contributed by atoms with Crippen LogP contribution in [0.2, 0.25) is 0 Å². The molecule has 0 bridgehead atoms. The van der Waals surface area contributed by atoms with E-state index in [0.29, 0.717) is 22.5 Å². The minimum absolute atomic E-state index is 0.0483. The normalized spacial score (nSPS) is 20.9. The summed E-state index contributed by atoms with van der Waals surface area (Å²) in [5, 5.41) is 9.60. The first kappa shape index (κ1) is 20.0. The van der Waals surface area contributed by atoms with Crippen LogP contribution in [0.15, 0.2) is 36.4 Å². The van der Waals surface area contributed by atoms with Gasteiger partial charge in [-0.25, -0.2) is 4.79 Å². The number of hydrogen-bond acceptors (Lipinski definition) is 5. The molecule has 1 heterocycles. The number of nitrogens with zero attached hydrogens (tertiary/aromatic N) is 1. The second-order valence-electron chi connectivity index (χ2n) is 7.48. The van der Waals surface area contributed by atoms with Crippen LogP contribution >= 0.6 is 0 Å². The summed E-state index contributed by atoms with van der Waals surface area (Å²) in [5.74, 6) is 1.42. The minimum Gasteiger partial charge on any atom is -0.508 e. The van der Waals surface area contributed by atoms with Crippen molar-refractivity contribution >= 4 is 5.97 Å². The fourth-order valence-electron chi connectivity index (χ4n) is 4.07. The van der Waals surface area contributed by atoms with Crippen LogP contribution in [0, 0.1) is 0 Å². The maximum atomic E-state index is 12.1. The van der Waals surface area contributed by atoms with Gasteiger partial charge in [-0.2, -0.15) is 0 Å². The van der Waals surface area contributed by atoms with Crippen molar-refractivity contribution in [1.82, 2.24) is 0 Å². The van der Waals surface area contributed by atoms with Crippen molar-refractivity contribution in [1.29, 1.82) is 0 Å². The van der Waals surface area contributed by atoms with E-state index in [0.717, 1.165) is 30.5 Å². The number of esters is 1. The lowest BCUT2D eigenvalue weighted by atomic mass is 9.86. The molecule has 0 radical (unpaired) electrons. The Hall–Kier alpha value is -2.73. The zero-order valence-corrected chi connectivity index (χ0v) is 16.9. The summed E-state index contributed by atoms with van der Waals surface area (Å²) in [7, 11) is 6.79. The Morgan fingerprint density at radius 1 is 1.11 bits per heavy atom. The largest absolute Gasteiger partial charge is 0.508 e. The third-order valence-corrected chi connectivity index (χ3v) is 5.73. The standard InChI is InChI=1S/C22H27NO5/c1-23(14-22(25)28-4)10-9-16-12-20(26-2)21(27-3)13-18(16)19(23)11-15-5-7-17(24)8-6-15/h5-8,12-13,19H,9-11,14H2,1-4H3/p+1/t19-,23-/m0/s1. The number of benzene rings is 2. The number of phenols is 1. The highest BCUT2D eigenvalue weighted by Crippen LogP contribution is 2.42. The van der Waals surface area contributed by atoms with E-state index in [2.05, 4.69) is 7.05 Å². The van der Waals surface area contributed by atoms with Crippen LogP contribution in [0.3, 0.4) is 0 Å². The van der Waals surface area contributed by atoms with Crippen LogP contribution in [-0.4, -0.2) is 57.0 Å². The summed E-state index contributed by atoms with van der Waals surface area (Å²) in [5.41, 5.74) is 3.46. The van der Waals surface area contributed by atoms with Crippen LogP contribution in [0.25, 0.3) is 0 Å². The molecule has 2 atom stereocenters. The van der Waals surface area contributed by atoms with Crippen molar-refractivity contribution in [2.45, 2.75) is 18.9 Å². The Bertz CT molecular complexity index is 849. The van der Waals surface area contributed by atoms with Gasteiger partial charge in [-0.05, 0) is 35.4 Å². The first-order chi connectivity index (χ1) is 13.4. The third kappa shape index (κ3) is 3.92. The number of methoxy groups -OCH3 is 3. The predicted octanol–water partition coefficient (Wildman–Crippen LogP) is 2.87. The molecule has 2 aromatic carbocycles. The molecule has 6 nitrogen and oxygen atoms in total. The number of likely N-dealkylation sites (N-methyl/N-ethyl adjacent to an activating group) is 1. The van der Waals surface area contributed by atoms with Gasteiger partial charge in [-0.3, -0.25) is 0 Å². The van der Waals surface area contributed by atoms with Crippen molar-refractivity contribution < 1.29 is 28.6 Å². The molecule has 0 aromatic heterocycles. The molecule has 0 spiro atoms. The zero-order chi connectivity index (χ0) is 20.3. The Balaban J connectivity index is 2.06. The molecule has 0 saturated heterocycles. The molecule has 3 rings (SSSR count). The van der Waals surface area contributed by atoms with Crippen LogP contribution in [0.4, 0.5) is 0 Å². The molecule has 28 heavy (non-hydrogen) atoms. The zero-order valence-electron chi connectivity index (χ0n) is 16.9. The number of fused-ring (bicyclic) bond motifs is 1. The maximum Gasteiger partial charge on any atom is 0.361 e. The molecule has 1 N–H and O–H groups in total. The summed E-state index contributed by atoms with van der Waals surface area (Å²) in [4.78, 5) is 12.1. The van der Waals surface area contributed by atoms with Gasteiger partial charge in [-0.15, -0.1) is 0 Å². The summed E-state index contributed by atoms with van der Waals surface area (Å²) in [6.07, 6.45) is 1.57. The molecule has 6 heteroatoms. The van der Waals surface area contributed by atoms with E-state index >= 15 is 0 Å². The van der Waals surface area contributed by atoms with Gasteiger partial charge in [0.15, 0.2) is 18.0 Å². The smallest absolute Gasteiger partial charge is 0.361 e. The Labute approximate surface area is 165 Å². The van der Waals surface area contributed by atoms with Crippen molar-refractivity contribution in [3.63, 3.8) is 0 Å². The van der Waals surface area contributed by atoms with Gasteiger partial charge < -0.3 is 23.8 Å². The quantitative estimate of drug-likeness (QED) is 0.611. The molecular formula is C22H28NO5+. The van der Waals surface area contributed by atoms with Crippen LogP contribution in [0.1, 0.15) is 22.7 Å². The number of phenolic OH excluding ortho intramolecular Hbond substituents is 1. The average Bonchev–Trinajstić information content (AvgIpc) is 2.70. The highest BCUT2D eigenvalue weighted by atomic mass is 16.5. The number of carbonyl (C=O) groups excluding carboxylic acids is 1. The van der Waals surface area contributed by atoms with Gasteiger partial charge in [0, 0.05) is 18.4 Å². The second-order valence-corrected chi connectivity index (χ2v) is 7.48. The van der Waals surface area contributed by atoms with Gasteiger partial charge >= 0.3 is 5.97 Å². The van der Waals surface area contributed by atoms with Gasteiger partial charge in [0.2, 0.25) is 0 Å². The first-order valence-corrected chi connectivity index (χ1v) is 9.34. The number of carbonyl (C=O) groups is 1. The van der Waals surface area contributed by atoms with Gasteiger partial charge in [0.25, 0.3) is 0 Å². The summed E-state index contributed by atoms with van der Waals surface area (Å²) in [6.45, 7) is 1.12. The molecule has 0 amide bonds. The van der Waals surface area contributed by atoms with Gasteiger partial charge in [0.1, 0.15) is 11.8 Å². The number of ether oxygens (including phenoxy) is 3. The first-order valence-electron chi connectivity index (χ1n) is 9.34. The predicted molar refractivity (Wildman–Crippen MR) is 106 cm³/mol. The molecular weight excluding hydrogens is 358 g/mol. The lowest BCUT2D eigenvalue weighted by Crippen LogP contribution is -2.54. The minimum atomic E-state index is -0.220. The second kappa shape index (κ2) is 8.10. The van der Waals surface area contributed by atoms with E-state index in [1.165, 1.54) is 12.7 Å². The molecule has 150 valence electrons. The SMILES string of the molecule is COC(=O)C[N@+]1(C)CCc2cc(OC)c(OC)cc2[C@@H]1Cc1ccc(O)cc1. The molecule has 0 saturated carbocycles. The fourth-order valence-corrected chi connectivity index (χ4v) is 4.07. The van der Waals surface area contributed by atoms with Crippen molar-refractivity contribution in [3.8, 4) is 17.2 Å². The number of aromatic hydroxyl groups is 1. The molecule has 2 aromatic rings. The van der Waals surface area contributed by atoms with Crippen molar-refractivity contribution in [3.05, 3.63) is 53.1 Å². The van der Waals surface area contributed by atoms with Crippen LogP contribution in [-0.2, 0) is 22.4 Å². The molecule has 1 aliphatic rings. The lowest BCUT2D eigenvalue weighted by Gasteiger charge is -2.45. The van der Waals surface area contributed by atoms with E-state index in [9.17, 15) is 9.90 Å². The van der Waals surface area contributed by atoms with E-state index in [4.69, 9.17) is 14.2 Å². The van der Waals surface area contributed by atoms with Gasteiger partial charge in [-0.1, -0.05) is 12.1 Å². The van der Waals surface area contributed by atoms with E-state index < -0.39 is 0 Å². The Morgan fingerprint density at radius 2 is 1.75 bits per heavy atom. The van der Waals surface area contributed by atoms with Crippen molar-refractivity contribution in [2.75, 3.05) is 41.5 Å². The lowest BCUT2D eigenvalue weighted by molar-refractivity contribution is -0.934. The number of hydrogen-bond donors (Lipinski definition) is 1. The van der Waals surface area contributed by atoms with Crippen LogP contribution < -0.4 is 9.47 Å². The topological polar surface area (TPSA) is 65.0 Å². The molecule has 1 aliphatic heterocycles. The van der Waals surface area contributed by atoms with Crippen molar-refractivity contribution in [2.24, 2.45) is 0 Å². The van der Waals surface area contributed by atoms with Gasteiger partial charge in [0.05, 0.1) is 34.9 Å². The highest BCUT2D eigenvalue weighted by molar-refractivity contribution is 5.70. The number of quaternary nitrogens is 1. The maximum absolute atomic E-state index is 12.1. The average molecular weight is 386 g/mol. The molecule has 0 fully saturated rings. The van der Waals surface area contributed by atoms with E-state index in [-0.39, 0.29) is 17.8 Å². The summed E-state index contributed by atoms with van der Waals surface area (Å²) < 4.78 is 16.5. The Kier molecular flexibility index (Phi) is 5.79. The summed E-state index contributed by atoms with van der Waals surface area (Å²) in [6, 6.07) is 11.4. The monoisotopic (exact) mass is 386 g/mol. The highest BCUT2D eigenvalue weighted by Gasteiger charge is 2.41. The Morgan fingerprint density at radius 3 is 2.36 bits per heavy atom. The van der Waals surface area contributed by atoms with Crippen LogP contribution in [0.5, 0.6) is 17.2 Å². The number of rotatable bonds is 6. The summed E-state index contributed by atoms with van der Waals surface area (Å²) >= 11 is 0. The van der Waals surface area contributed by atoms with E-state index in [1.54, 1.807) is 26.4 Å². The fraction of sp³-hybridized carbons (Fsp3) is 0.409. The third-order valence-electron chi connectivity index (χ3n) is 5.73.